The molecule has 0 amide bonds. The molecule has 14 heavy (non-hydrogen) atoms. The first-order valence-corrected chi connectivity index (χ1v) is 4.85. The standard InChI is InChI=1S/C10H4N2OS/c11-2-6(3-12)7-1-10(13)9-5-14-4-8(7)9/h4-5H,1H2. The SMILES string of the molecule is N#CC(C#N)=C1CC(=O)c2cscc21. The average molecular weight is 200 g/mol. The number of hydrogen-bond acceptors (Lipinski definition) is 4. The Kier molecular flexibility index (Phi) is 1.92. The number of Topliss-reactive ketones (excluding diaryl/α,β-unsaturated/α-hetero) is 1. The Morgan fingerprint density at radius 2 is 1.93 bits per heavy atom. The van der Waals surface area contributed by atoms with Gasteiger partial charge in [-0.25, -0.2) is 0 Å². The Hall–Kier alpha value is -1.91. The van der Waals surface area contributed by atoms with Crippen LogP contribution in [0.3, 0.4) is 0 Å². The van der Waals surface area contributed by atoms with E-state index in [0.29, 0.717) is 11.1 Å². The number of ketones is 1. The summed E-state index contributed by atoms with van der Waals surface area (Å²) in [6, 6.07) is 3.63. The number of allylic oxidation sites excluding steroid dienone is 2. The fourth-order valence-electron chi connectivity index (χ4n) is 1.48. The van der Waals surface area contributed by atoms with E-state index in [4.69, 9.17) is 10.5 Å². The molecule has 1 aliphatic carbocycles. The van der Waals surface area contributed by atoms with Crippen molar-refractivity contribution in [3.63, 3.8) is 0 Å². The molecule has 0 bridgehead atoms. The minimum atomic E-state index is -0.000694. The van der Waals surface area contributed by atoms with Crippen LogP contribution in [-0.2, 0) is 0 Å². The molecular formula is C10H4N2OS. The fraction of sp³-hybridized carbons (Fsp3) is 0.100. The lowest BCUT2D eigenvalue weighted by atomic mass is 10.1. The van der Waals surface area contributed by atoms with Crippen LogP contribution < -0.4 is 0 Å². The maximum absolute atomic E-state index is 11.4. The first kappa shape index (κ1) is 8.68. The van der Waals surface area contributed by atoms with Gasteiger partial charge in [0.2, 0.25) is 0 Å². The molecule has 1 aromatic heterocycles. The van der Waals surface area contributed by atoms with Crippen LogP contribution in [0, 0.1) is 22.7 Å². The largest absolute Gasteiger partial charge is 0.294 e. The normalized spacial score (nSPS) is 13.3. The number of rotatable bonds is 0. The minimum absolute atomic E-state index is 0.000694. The van der Waals surface area contributed by atoms with Gasteiger partial charge in [-0.3, -0.25) is 4.79 Å². The number of hydrogen-bond donors (Lipinski definition) is 0. The molecule has 0 spiro atoms. The van der Waals surface area contributed by atoms with E-state index < -0.39 is 0 Å². The Balaban J connectivity index is 2.68. The minimum Gasteiger partial charge on any atom is -0.294 e. The Labute approximate surface area is 84.5 Å². The molecule has 0 N–H and O–H groups in total. The van der Waals surface area contributed by atoms with Gasteiger partial charge >= 0.3 is 0 Å². The monoisotopic (exact) mass is 200 g/mol. The quantitative estimate of drug-likeness (QED) is 0.602. The van der Waals surface area contributed by atoms with Gasteiger partial charge in [-0.2, -0.15) is 21.9 Å². The maximum atomic E-state index is 11.4. The highest BCUT2D eigenvalue weighted by atomic mass is 32.1. The van der Waals surface area contributed by atoms with Gasteiger partial charge in [0, 0.05) is 22.9 Å². The smallest absolute Gasteiger partial charge is 0.168 e. The number of nitriles is 2. The highest BCUT2D eigenvalue weighted by Gasteiger charge is 2.27. The molecule has 1 aliphatic rings. The summed E-state index contributed by atoms with van der Waals surface area (Å²) in [7, 11) is 0. The third-order valence-electron chi connectivity index (χ3n) is 2.15. The van der Waals surface area contributed by atoms with Crippen molar-refractivity contribution >= 4 is 22.7 Å². The second kappa shape index (κ2) is 3.10. The first-order valence-electron chi connectivity index (χ1n) is 3.91. The number of fused-ring (bicyclic) bond motifs is 1. The van der Waals surface area contributed by atoms with E-state index >= 15 is 0 Å². The Morgan fingerprint density at radius 3 is 2.57 bits per heavy atom. The van der Waals surface area contributed by atoms with Crippen molar-refractivity contribution in [1.82, 2.24) is 0 Å². The molecule has 0 fully saturated rings. The van der Waals surface area contributed by atoms with Crippen LogP contribution in [0.25, 0.3) is 5.57 Å². The second-order valence-electron chi connectivity index (χ2n) is 2.88. The topological polar surface area (TPSA) is 64.7 Å². The summed E-state index contributed by atoms with van der Waals surface area (Å²) >= 11 is 1.41. The molecule has 66 valence electrons. The van der Waals surface area contributed by atoms with Gasteiger partial charge in [0.1, 0.15) is 17.7 Å². The van der Waals surface area contributed by atoms with Crippen molar-refractivity contribution in [2.24, 2.45) is 0 Å². The van der Waals surface area contributed by atoms with Gasteiger partial charge in [0.15, 0.2) is 5.78 Å². The van der Waals surface area contributed by atoms with Gasteiger partial charge in [0.05, 0.1) is 0 Å². The van der Waals surface area contributed by atoms with Gasteiger partial charge in [-0.15, -0.1) is 0 Å². The van der Waals surface area contributed by atoms with Crippen LogP contribution in [0.5, 0.6) is 0 Å². The van der Waals surface area contributed by atoms with Crippen LogP contribution in [0.2, 0.25) is 0 Å². The van der Waals surface area contributed by atoms with E-state index in [1.54, 1.807) is 5.38 Å². The lowest BCUT2D eigenvalue weighted by Crippen LogP contribution is -1.87. The molecule has 2 rings (SSSR count). The van der Waals surface area contributed by atoms with Crippen molar-refractivity contribution in [3.05, 3.63) is 27.5 Å². The zero-order valence-electron chi connectivity index (χ0n) is 7.07. The molecule has 0 unspecified atom stereocenters. The van der Waals surface area contributed by atoms with Crippen molar-refractivity contribution in [1.29, 1.82) is 10.5 Å². The van der Waals surface area contributed by atoms with E-state index in [1.807, 2.05) is 17.5 Å². The molecule has 0 radical (unpaired) electrons. The van der Waals surface area contributed by atoms with Gasteiger partial charge in [0.25, 0.3) is 0 Å². The Bertz CT molecular complexity index is 509. The maximum Gasteiger partial charge on any atom is 0.168 e. The zero-order valence-corrected chi connectivity index (χ0v) is 7.89. The lowest BCUT2D eigenvalue weighted by Gasteiger charge is -1.92. The predicted molar refractivity (Wildman–Crippen MR) is 51.4 cm³/mol. The fourth-order valence-corrected chi connectivity index (χ4v) is 2.35. The molecule has 0 saturated heterocycles. The van der Waals surface area contributed by atoms with Gasteiger partial charge in [-0.1, -0.05) is 0 Å². The predicted octanol–water partition coefficient (Wildman–Crippen LogP) is 2.14. The van der Waals surface area contributed by atoms with Crippen LogP contribution in [0.4, 0.5) is 0 Å². The van der Waals surface area contributed by atoms with Crippen LogP contribution >= 0.6 is 11.3 Å². The number of thiophene rings is 1. The molecule has 0 saturated carbocycles. The van der Waals surface area contributed by atoms with Crippen LogP contribution in [-0.4, -0.2) is 5.78 Å². The summed E-state index contributed by atoms with van der Waals surface area (Å²) < 4.78 is 0. The lowest BCUT2D eigenvalue weighted by molar-refractivity contribution is 0.100. The highest BCUT2D eigenvalue weighted by Crippen LogP contribution is 2.36. The summed E-state index contributed by atoms with van der Waals surface area (Å²) in [4.78, 5) is 11.4. The van der Waals surface area contributed by atoms with Gasteiger partial charge < -0.3 is 0 Å². The molecule has 3 nitrogen and oxygen atoms in total. The van der Waals surface area contributed by atoms with Gasteiger partial charge in [-0.05, 0) is 11.0 Å². The molecule has 1 heterocycles. The van der Waals surface area contributed by atoms with E-state index in [-0.39, 0.29) is 17.8 Å². The van der Waals surface area contributed by atoms with Crippen LogP contribution in [0.1, 0.15) is 22.3 Å². The summed E-state index contributed by atoms with van der Waals surface area (Å²) in [5.74, 6) is -0.000694. The highest BCUT2D eigenvalue weighted by molar-refractivity contribution is 7.08. The average Bonchev–Trinajstić information content (AvgIpc) is 2.74. The summed E-state index contributed by atoms with van der Waals surface area (Å²) in [5, 5.41) is 21.0. The summed E-state index contributed by atoms with van der Waals surface area (Å²) in [6.45, 7) is 0. The molecule has 1 aromatic rings. The molecule has 0 aliphatic heterocycles. The summed E-state index contributed by atoms with van der Waals surface area (Å²) in [5.41, 5.74) is 2.04. The van der Waals surface area contributed by atoms with Crippen LogP contribution in [0.15, 0.2) is 16.3 Å². The van der Waals surface area contributed by atoms with Crippen molar-refractivity contribution in [3.8, 4) is 12.1 Å². The molecule has 0 atom stereocenters. The molecular weight excluding hydrogens is 196 g/mol. The third kappa shape index (κ3) is 1.06. The number of carbonyl (C=O) groups is 1. The molecule has 4 heteroatoms. The second-order valence-corrected chi connectivity index (χ2v) is 3.62. The van der Waals surface area contributed by atoms with Crippen molar-refractivity contribution in [2.45, 2.75) is 6.42 Å². The number of carbonyl (C=O) groups excluding carboxylic acids is 1. The van der Waals surface area contributed by atoms with E-state index in [2.05, 4.69) is 0 Å². The van der Waals surface area contributed by atoms with E-state index in [1.165, 1.54) is 11.3 Å². The Morgan fingerprint density at radius 1 is 1.29 bits per heavy atom. The summed E-state index contributed by atoms with van der Waals surface area (Å²) in [6.07, 6.45) is 0.189. The zero-order chi connectivity index (χ0) is 10.1. The third-order valence-corrected chi connectivity index (χ3v) is 2.89. The van der Waals surface area contributed by atoms with E-state index in [9.17, 15) is 4.79 Å². The van der Waals surface area contributed by atoms with Crippen molar-refractivity contribution < 1.29 is 4.79 Å². The molecule has 0 aromatic carbocycles. The van der Waals surface area contributed by atoms with Crippen molar-refractivity contribution in [2.75, 3.05) is 0 Å². The number of nitrogens with zero attached hydrogens (tertiary/aromatic N) is 2. The van der Waals surface area contributed by atoms with E-state index in [0.717, 1.165) is 5.56 Å². The first-order chi connectivity index (χ1) is 6.77.